The van der Waals surface area contributed by atoms with E-state index in [1.165, 1.54) is 18.3 Å². The molecule has 2 aliphatic rings. The second-order valence-corrected chi connectivity index (χ2v) is 4.19. The maximum Gasteiger partial charge on any atom is 0.208 e. The van der Waals surface area contributed by atoms with E-state index < -0.39 is 0 Å². The lowest BCUT2D eigenvalue weighted by molar-refractivity contribution is -0.109. The highest BCUT2D eigenvalue weighted by Gasteiger charge is 2.22. The number of hydrogen-bond donors (Lipinski definition) is 2. The molecular weight excluding hydrogens is 272 g/mol. The average molecular weight is 288 g/mol. The second-order valence-electron chi connectivity index (χ2n) is 4.19. The Kier molecular flexibility index (Phi) is 4.22. The number of pyridine rings is 1. The van der Waals surface area contributed by atoms with Crippen LogP contribution in [0.1, 0.15) is 7.43 Å². The van der Waals surface area contributed by atoms with Crippen LogP contribution in [-0.2, 0) is 9.53 Å². The molecule has 2 heterocycles. The highest BCUT2D eigenvalue weighted by molar-refractivity contribution is 6.49. The molecule has 21 heavy (non-hydrogen) atoms. The Balaban J connectivity index is 0.00000161. The number of aromatic nitrogens is 1. The van der Waals surface area contributed by atoms with Crippen molar-refractivity contribution in [3.63, 3.8) is 0 Å². The van der Waals surface area contributed by atoms with Crippen molar-refractivity contribution in [3.8, 4) is 0 Å². The van der Waals surface area contributed by atoms with Crippen molar-refractivity contribution in [2.75, 3.05) is 13.2 Å². The summed E-state index contributed by atoms with van der Waals surface area (Å²) >= 11 is 0. The van der Waals surface area contributed by atoms with Crippen molar-refractivity contribution in [1.29, 1.82) is 0 Å². The third-order valence-corrected chi connectivity index (χ3v) is 2.81. The number of morpholine rings is 1. The Morgan fingerprint density at radius 3 is 2.95 bits per heavy atom. The Bertz CT molecular complexity index is 713. The van der Waals surface area contributed by atoms with Gasteiger partial charge in [-0.2, -0.15) is 4.73 Å². The number of ether oxygens (including phenoxy) is 1. The summed E-state index contributed by atoms with van der Waals surface area (Å²) < 4.78 is 6.26. The lowest BCUT2D eigenvalue weighted by Crippen LogP contribution is -2.31. The van der Waals surface area contributed by atoms with Crippen molar-refractivity contribution >= 4 is 11.5 Å². The molecule has 0 amide bonds. The molecule has 0 spiro atoms. The Hall–Kier alpha value is -2.83. The Morgan fingerprint density at radius 2 is 2.14 bits per heavy atom. The highest BCUT2D eigenvalue weighted by Crippen LogP contribution is 2.17. The fourth-order valence-electron chi connectivity index (χ4n) is 1.84. The fourth-order valence-corrected chi connectivity index (χ4v) is 1.84. The summed E-state index contributed by atoms with van der Waals surface area (Å²) in [6.07, 6.45) is 4.39. The summed E-state index contributed by atoms with van der Waals surface area (Å²) in [6, 6.07) is 4.93. The minimum Gasteiger partial charge on any atom is -0.490 e. The lowest BCUT2D eigenvalue weighted by Gasteiger charge is -2.23. The average Bonchev–Trinajstić information content (AvgIpc) is 2.46. The monoisotopic (exact) mass is 288 g/mol. The van der Waals surface area contributed by atoms with Gasteiger partial charge in [0, 0.05) is 24.9 Å². The van der Waals surface area contributed by atoms with E-state index in [0.29, 0.717) is 24.6 Å². The van der Waals surface area contributed by atoms with Crippen LogP contribution in [0.25, 0.3) is 0 Å². The molecule has 110 valence electrons. The first kappa shape index (κ1) is 14.6. The van der Waals surface area contributed by atoms with Crippen LogP contribution in [0.5, 0.6) is 0 Å². The summed E-state index contributed by atoms with van der Waals surface area (Å²) in [7, 11) is 0. The van der Waals surface area contributed by atoms with Crippen molar-refractivity contribution in [1.82, 2.24) is 10.0 Å². The molecule has 7 heteroatoms. The van der Waals surface area contributed by atoms with E-state index in [4.69, 9.17) is 4.74 Å². The van der Waals surface area contributed by atoms with Crippen molar-refractivity contribution in [3.05, 3.63) is 53.5 Å². The lowest BCUT2D eigenvalue weighted by atomic mass is 10.1. The molecule has 1 aromatic rings. The minimum absolute atomic E-state index is 0. The van der Waals surface area contributed by atoms with E-state index in [1.54, 1.807) is 18.2 Å². The topological polar surface area (TPSA) is 88.2 Å². The Morgan fingerprint density at radius 1 is 1.29 bits per heavy atom. The second kappa shape index (κ2) is 6.08. The first-order chi connectivity index (χ1) is 9.74. The van der Waals surface area contributed by atoms with Crippen LogP contribution < -0.4 is 10.8 Å². The van der Waals surface area contributed by atoms with Gasteiger partial charge in [0.15, 0.2) is 5.49 Å². The van der Waals surface area contributed by atoms with Gasteiger partial charge in [-0.3, -0.25) is 4.79 Å². The van der Waals surface area contributed by atoms with Crippen molar-refractivity contribution in [2.45, 2.75) is 7.43 Å². The van der Waals surface area contributed by atoms with Crippen LogP contribution in [0.15, 0.2) is 58.2 Å². The van der Waals surface area contributed by atoms with Gasteiger partial charge in [-0.15, -0.1) is 10.2 Å². The summed E-state index contributed by atoms with van der Waals surface area (Å²) in [6.45, 7) is 1.21. The molecule has 1 aliphatic heterocycles. The summed E-state index contributed by atoms with van der Waals surface area (Å²) in [5.41, 5.74) is 1.05. The third-order valence-electron chi connectivity index (χ3n) is 2.81. The molecule has 7 nitrogen and oxygen atoms in total. The standard InChI is InChI=1S/C13H12N4O3.CH4/c18-11-7-10-12(20-6-4-14-10)8-9(11)15-16-13-3-1-2-5-17(13)19;/h1-3,5,7-8,14,19H,4,6H2;1H4. The molecule has 0 aromatic carbocycles. The maximum atomic E-state index is 11.9. The number of nitrogens with one attached hydrogen (secondary N) is 1. The van der Waals surface area contributed by atoms with E-state index in [2.05, 4.69) is 15.5 Å². The SMILES string of the molecule is C.O=C1C=C2NCCOC2=CC1=NN=c1ccccn1O. The number of carbonyl (C=O) groups excluding carboxylic acids is 1. The molecule has 0 unspecified atom stereocenters. The van der Waals surface area contributed by atoms with E-state index in [0.717, 1.165) is 4.73 Å². The van der Waals surface area contributed by atoms with Gasteiger partial charge < -0.3 is 15.3 Å². The molecule has 0 atom stereocenters. The van der Waals surface area contributed by atoms with Crippen molar-refractivity contribution in [2.24, 2.45) is 10.2 Å². The predicted molar refractivity (Wildman–Crippen MR) is 76.5 cm³/mol. The smallest absolute Gasteiger partial charge is 0.208 e. The summed E-state index contributed by atoms with van der Waals surface area (Å²) in [4.78, 5) is 11.9. The zero-order valence-electron chi connectivity index (χ0n) is 10.5. The quantitative estimate of drug-likeness (QED) is 0.450. The van der Waals surface area contributed by atoms with Crippen LogP contribution in [-0.4, -0.2) is 34.6 Å². The molecule has 1 aliphatic carbocycles. The number of carbonyl (C=O) groups is 1. The summed E-state index contributed by atoms with van der Waals surface area (Å²) in [5, 5.41) is 20.3. The number of allylic oxidation sites excluding steroid dienone is 2. The van der Waals surface area contributed by atoms with Gasteiger partial charge in [0.25, 0.3) is 0 Å². The van der Waals surface area contributed by atoms with Gasteiger partial charge in [-0.25, -0.2) is 0 Å². The predicted octanol–water partition coefficient (Wildman–Crippen LogP) is 0.588. The number of hydrogen-bond acceptors (Lipinski definition) is 6. The summed E-state index contributed by atoms with van der Waals surface area (Å²) in [5.74, 6) is 0.320. The van der Waals surface area contributed by atoms with Crippen LogP contribution in [0, 0.1) is 0 Å². The van der Waals surface area contributed by atoms with E-state index >= 15 is 0 Å². The Labute approximate surface area is 121 Å². The zero-order chi connectivity index (χ0) is 13.9. The minimum atomic E-state index is -0.258. The number of fused-ring (bicyclic) bond motifs is 1. The van der Waals surface area contributed by atoms with Gasteiger partial charge in [0.1, 0.15) is 18.1 Å². The van der Waals surface area contributed by atoms with Crippen LogP contribution in [0.4, 0.5) is 0 Å². The van der Waals surface area contributed by atoms with Gasteiger partial charge in [0.2, 0.25) is 5.78 Å². The zero-order valence-corrected chi connectivity index (χ0v) is 10.5. The fraction of sp³-hybridized carbons (Fsp3) is 0.214. The van der Waals surface area contributed by atoms with E-state index in [-0.39, 0.29) is 24.4 Å². The molecule has 0 bridgehead atoms. The van der Waals surface area contributed by atoms with Crippen LogP contribution in [0.2, 0.25) is 0 Å². The molecule has 1 fully saturated rings. The van der Waals surface area contributed by atoms with Crippen molar-refractivity contribution < 1.29 is 14.7 Å². The maximum absolute atomic E-state index is 11.9. The molecule has 0 radical (unpaired) electrons. The number of nitrogens with zero attached hydrogens (tertiary/aromatic N) is 3. The first-order valence-corrected chi connectivity index (χ1v) is 6.07. The molecular formula is C14H16N4O3. The first-order valence-electron chi connectivity index (χ1n) is 6.07. The van der Waals surface area contributed by atoms with Gasteiger partial charge in [0.05, 0.1) is 5.70 Å². The normalized spacial score (nSPS) is 19.7. The third kappa shape index (κ3) is 3.02. The molecule has 1 aromatic heterocycles. The van der Waals surface area contributed by atoms with Crippen LogP contribution in [0.3, 0.4) is 0 Å². The molecule has 0 saturated carbocycles. The largest absolute Gasteiger partial charge is 0.490 e. The van der Waals surface area contributed by atoms with Gasteiger partial charge in [-0.1, -0.05) is 13.5 Å². The van der Waals surface area contributed by atoms with E-state index in [9.17, 15) is 10.0 Å². The number of rotatable bonds is 1. The highest BCUT2D eigenvalue weighted by atomic mass is 16.5. The van der Waals surface area contributed by atoms with Gasteiger partial charge in [-0.05, 0) is 12.1 Å². The number of ketones is 1. The van der Waals surface area contributed by atoms with Crippen LogP contribution >= 0.6 is 0 Å². The molecule has 3 rings (SSSR count). The molecule has 2 N–H and O–H groups in total. The molecule has 1 saturated heterocycles. The van der Waals surface area contributed by atoms with E-state index in [1.807, 2.05) is 0 Å². The van der Waals surface area contributed by atoms with Gasteiger partial charge >= 0.3 is 0 Å².